The highest BCUT2D eigenvalue weighted by Crippen LogP contribution is 2.38. The molecular formula is C26H33FN6O3. The van der Waals surface area contributed by atoms with E-state index in [0.717, 1.165) is 31.9 Å². The largest absolute Gasteiger partial charge is 0.508 e. The molecule has 1 fully saturated rings. The molecule has 1 aliphatic rings. The van der Waals surface area contributed by atoms with E-state index >= 15 is 4.39 Å². The third-order valence-corrected chi connectivity index (χ3v) is 6.33. The Kier molecular flexibility index (Phi) is 7.16. The summed E-state index contributed by atoms with van der Waals surface area (Å²) in [4.78, 5) is 17.3. The number of likely N-dealkylation sites (N-methyl/N-ethyl adjacent to an activating group) is 1. The van der Waals surface area contributed by atoms with E-state index in [1.165, 1.54) is 16.7 Å². The molecule has 36 heavy (non-hydrogen) atoms. The number of aromatic hydroxyl groups is 2. The Morgan fingerprint density at radius 2 is 1.69 bits per heavy atom. The topological polar surface area (TPSA) is 107 Å². The highest BCUT2D eigenvalue weighted by molar-refractivity contribution is 5.92. The molecule has 1 saturated heterocycles. The van der Waals surface area contributed by atoms with Crippen molar-refractivity contribution in [2.45, 2.75) is 39.7 Å². The van der Waals surface area contributed by atoms with Gasteiger partial charge in [-0.1, -0.05) is 13.8 Å². The second kappa shape index (κ2) is 10.1. The van der Waals surface area contributed by atoms with Gasteiger partial charge in [0.25, 0.3) is 5.91 Å². The molecule has 3 aromatic rings. The maximum absolute atomic E-state index is 15.7. The predicted octanol–water partition coefficient (Wildman–Crippen LogP) is 3.50. The van der Waals surface area contributed by atoms with Gasteiger partial charge in [-0.25, -0.2) is 4.39 Å². The van der Waals surface area contributed by atoms with Crippen molar-refractivity contribution in [3.05, 3.63) is 47.5 Å². The number of halogens is 1. The van der Waals surface area contributed by atoms with Crippen LogP contribution in [0, 0.1) is 5.82 Å². The first-order valence-corrected chi connectivity index (χ1v) is 12.1. The predicted molar refractivity (Wildman–Crippen MR) is 136 cm³/mol. The Labute approximate surface area is 210 Å². The zero-order valence-electron chi connectivity index (χ0n) is 21.3. The van der Waals surface area contributed by atoms with E-state index in [1.807, 2.05) is 33.8 Å². The van der Waals surface area contributed by atoms with E-state index in [-0.39, 0.29) is 46.4 Å². The number of piperazine rings is 1. The Morgan fingerprint density at radius 3 is 2.31 bits per heavy atom. The lowest BCUT2D eigenvalue weighted by Crippen LogP contribution is -2.44. The molecule has 0 saturated carbocycles. The van der Waals surface area contributed by atoms with Gasteiger partial charge in [0, 0.05) is 44.0 Å². The van der Waals surface area contributed by atoms with Crippen molar-refractivity contribution in [3.63, 3.8) is 0 Å². The summed E-state index contributed by atoms with van der Waals surface area (Å²) >= 11 is 0. The minimum atomic E-state index is -0.548. The molecule has 192 valence electrons. The van der Waals surface area contributed by atoms with Crippen molar-refractivity contribution in [1.82, 2.24) is 25.0 Å². The van der Waals surface area contributed by atoms with Crippen molar-refractivity contribution in [3.8, 4) is 28.6 Å². The number of phenols is 2. The molecule has 0 bridgehead atoms. The molecule has 2 aromatic carbocycles. The smallest absolute Gasteiger partial charge is 0.289 e. The Bertz CT molecular complexity index is 1260. The first-order valence-electron chi connectivity index (χ1n) is 12.1. The maximum Gasteiger partial charge on any atom is 0.289 e. The number of nitrogens with zero attached hydrogens (tertiary/aromatic N) is 5. The van der Waals surface area contributed by atoms with E-state index < -0.39 is 11.7 Å². The summed E-state index contributed by atoms with van der Waals surface area (Å²) in [5.41, 5.74) is 1.65. The fraction of sp³-hybridized carbons (Fsp3) is 0.423. The monoisotopic (exact) mass is 496 g/mol. The van der Waals surface area contributed by atoms with Crippen molar-refractivity contribution < 1.29 is 19.4 Å². The lowest BCUT2D eigenvalue weighted by atomic mass is 9.98. The zero-order valence-corrected chi connectivity index (χ0v) is 21.3. The fourth-order valence-electron chi connectivity index (χ4n) is 4.33. The average Bonchev–Trinajstić information content (AvgIpc) is 3.23. The molecule has 4 rings (SSSR count). The molecule has 2 heterocycles. The van der Waals surface area contributed by atoms with Crippen molar-refractivity contribution in [1.29, 1.82) is 0 Å². The van der Waals surface area contributed by atoms with Gasteiger partial charge in [-0.05, 0) is 56.6 Å². The molecule has 10 heteroatoms. The number of benzene rings is 2. The number of carbonyl (C=O) groups is 1. The second-order valence-electron chi connectivity index (χ2n) is 9.82. The van der Waals surface area contributed by atoms with Crippen LogP contribution in [0.5, 0.6) is 11.5 Å². The minimum Gasteiger partial charge on any atom is -0.508 e. The van der Waals surface area contributed by atoms with Crippen LogP contribution in [0.4, 0.5) is 10.1 Å². The Hall–Kier alpha value is -3.66. The van der Waals surface area contributed by atoms with E-state index in [9.17, 15) is 15.0 Å². The van der Waals surface area contributed by atoms with Gasteiger partial charge in [0.2, 0.25) is 5.82 Å². The van der Waals surface area contributed by atoms with Crippen molar-refractivity contribution in [2.75, 3.05) is 38.1 Å². The normalized spacial score (nSPS) is 14.6. The lowest BCUT2D eigenvalue weighted by molar-refractivity contribution is 0.0930. The highest BCUT2D eigenvalue weighted by Gasteiger charge is 2.27. The molecule has 0 unspecified atom stereocenters. The lowest BCUT2D eigenvalue weighted by Gasteiger charge is -2.34. The van der Waals surface area contributed by atoms with Gasteiger partial charge in [0.05, 0.1) is 11.3 Å². The standard InChI is InChI=1S/C26H33FN6O3/c1-15(2)18-13-19(23(35)14-22(18)34)24-29-30-25(26(36)28-16(3)4)33(24)21-7-6-17(12-20(21)27)32-10-8-31(5)9-11-32/h6-7,12-16,34-35H,8-11H2,1-5H3,(H,28,36). The van der Waals surface area contributed by atoms with E-state index in [1.54, 1.807) is 12.1 Å². The third-order valence-electron chi connectivity index (χ3n) is 6.33. The van der Waals surface area contributed by atoms with Crippen molar-refractivity contribution >= 4 is 11.6 Å². The molecule has 0 atom stereocenters. The first kappa shape index (κ1) is 25.4. The van der Waals surface area contributed by atoms with Crippen LogP contribution in [-0.2, 0) is 0 Å². The molecule has 0 spiro atoms. The summed E-state index contributed by atoms with van der Waals surface area (Å²) in [5.74, 6) is -1.45. The number of aromatic nitrogens is 3. The van der Waals surface area contributed by atoms with E-state index in [4.69, 9.17) is 0 Å². The molecule has 9 nitrogen and oxygen atoms in total. The number of carbonyl (C=O) groups excluding carboxylic acids is 1. The number of anilines is 1. The van der Waals surface area contributed by atoms with Gasteiger partial charge in [0.1, 0.15) is 17.3 Å². The number of hydrogen-bond donors (Lipinski definition) is 3. The van der Waals surface area contributed by atoms with Crippen LogP contribution in [0.2, 0.25) is 0 Å². The zero-order chi connectivity index (χ0) is 26.1. The minimum absolute atomic E-state index is 0.0518. The number of nitrogens with one attached hydrogen (secondary N) is 1. The summed E-state index contributed by atoms with van der Waals surface area (Å²) < 4.78 is 17.0. The third kappa shape index (κ3) is 4.99. The van der Waals surface area contributed by atoms with E-state index in [2.05, 4.69) is 32.4 Å². The summed E-state index contributed by atoms with van der Waals surface area (Å²) in [6.07, 6.45) is 0. The van der Waals surface area contributed by atoms with Crippen LogP contribution >= 0.6 is 0 Å². The number of amides is 1. The number of hydrogen-bond acceptors (Lipinski definition) is 7. The number of rotatable bonds is 6. The van der Waals surface area contributed by atoms with Crippen LogP contribution in [0.25, 0.3) is 17.1 Å². The molecule has 1 aliphatic heterocycles. The second-order valence-corrected chi connectivity index (χ2v) is 9.82. The van der Waals surface area contributed by atoms with Gasteiger partial charge in [0.15, 0.2) is 5.82 Å². The van der Waals surface area contributed by atoms with Gasteiger partial charge in [-0.15, -0.1) is 10.2 Å². The molecule has 0 radical (unpaired) electrons. The SMILES string of the molecule is CC(C)NC(=O)c1nnc(-c2cc(C(C)C)c(O)cc2O)n1-c1ccc(N2CCN(C)CC2)cc1F. The Morgan fingerprint density at radius 1 is 1.00 bits per heavy atom. The first-order chi connectivity index (χ1) is 17.1. The Balaban J connectivity index is 1.85. The molecule has 0 aliphatic carbocycles. The van der Waals surface area contributed by atoms with Crippen LogP contribution < -0.4 is 10.2 Å². The summed E-state index contributed by atoms with van der Waals surface area (Å²) in [7, 11) is 2.06. The van der Waals surface area contributed by atoms with Gasteiger partial charge < -0.3 is 25.3 Å². The van der Waals surface area contributed by atoms with E-state index in [0.29, 0.717) is 5.56 Å². The molecular weight excluding hydrogens is 463 g/mol. The van der Waals surface area contributed by atoms with Gasteiger partial charge in [-0.2, -0.15) is 0 Å². The van der Waals surface area contributed by atoms with Gasteiger partial charge in [-0.3, -0.25) is 9.36 Å². The van der Waals surface area contributed by atoms with Crippen LogP contribution in [-0.4, -0.2) is 75.1 Å². The summed E-state index contributed by atoms with van der Waals surface area (Å²) in [6, 6.07) is 7.51. The molecule has 1 aromatic heterocycles. The number of phenolic OH excluding ortho intramolecular Hbond substituents is 2. The molecule has 1 amide bonds. The van der Waals surface area contributed by atoms with Crippen LogP contribution in [0.1, 0.15) is 49.8 Å². The van der Waals surface area contributed by atoms with Crippen LogP contribution in [0.3, 0.4) is 0 Å². The summed E-state index contributed by atoms with van der Waals surface area (Å²) in [5, 5.41) is 32.0. The summed E-state index contributed by atoms with van der Waals surface area (Å²) in [6.45, 7) is 10.8. The average molecular weight is 497 g/mol. The van der Waals surface area contributed by atoms with Crippen molar-refractivity contribution in [2.24, 2.45) is 0 Å². The highest BCUT2D eigenvalue weighted by atomic mass is 19.1. The quantitative estimate of drug-likeness (QED) is 0.480. The van der Waals surface area contributed by atoms with Crippen LogP contribution in [0.15, 0.2) is 30.3 Å². The fourth-order valence-corrected chi connectivity index (χ4v) is 4.33. The van der Waals surface area contributed by atoms with Gasteiger partial charge >= 0.3 is 0 Å². The molecule has 3 N–H and O–H groups in total. The maximum atomic E-state index is 15.7.